The Balaban J connectivity index is 1.19. The minimum Gasteiger partial charge on any atom is -0.382 e. The third kappa shape index (κ3) is 7.58. The highest BCUT2D eigenvalue weighted by Crippen LogP contribution is 2.29. The summed E-state index contributed by atoms with van der Waals surface area (Å²) in [4.78, 5) is 10.7. The zero-order valence-corrected chi connectivity index (χ0v) is 25.9. The van der Waals surface area contributed by atoms with Gasteiger partial charge in [-0.2, -0.15) is 5.10 Å². The van der Waals surface area contributed by atoms with Gasteiger partial charge in [-0.1, -0.05) is 50.1 Å². The lowest BCUT2D eigenvalue weighted by Crippen LogP contribution is -2.46. The quantitative estimate of drug-likeness (QED) is 0.240. The number of nitrogens with zero attached hydrogens (tertiary/aromatic N) is 6. The van der Waals surface area contributed by atoms with E-state index in [0.717, 1.165) is 59.4 Å². The smallest absolute Gasteiger partial charge is 0.137 e. The molecule has 0 spiro atoms. The summed E-state index contributed by atoms with van der Waals surface area (Å²) in [5.74, 6) is -1.49. The number of halogens is 4. The average molecular weight is 690 g/mol. The first-order valence-corrected chi connectivity index (χ1v) is 15.0. The molecular weight excluding hydrogens is 658 g/mol. The first-order valence-electron chi connectivity index (χ1n) is 13.4. The predicted molar refractivity (Wildman–Crippen MR) is 162 cm³/mol. The molecule has 0 aliphatic carbocycles. The second kappa shape index (κ2) is 13.1. The second-order valence-electron chi connectivity index (χ2n) is 10.6. The van der Waals surface area contributed by atoms with Crippen molar-refractivity contribution in [3.05, 3.63) is 111 Å². The van der Waals surface area contributed by atoms with E-state index in [9.17, 15) is 13.9 Å². The van der Waals surface area contributed by atoms with Crippen molar-refractivity contribution in [2.75, 3.05) is 44.7 Å². The Morgan fingerprint density at radius 2 is 1.73 bits per heavy atom. The molecule has 0 saturated carbocycles. The Morgan fingerprint density at radius 1 is 0.976 bits per heavy atom. The van der Waals surface area contributed by atoms with Gasteiger partial charge in [0, 0.05) is 72.1 Å². The van der Waals surface area contributed by atoms with Crippen molar-refractivity contribution >= 4 is 37.5 Å². The molecule has 2 heterocycles. The highest BCUT2D eigenvalue weighted by molar-refractivity contribution is 9.11. The van der Waals surface area contributed by atoms with Crippen molar-refractivity contribution in [1.82, 2.24) is 24.6 Å². The number of anilines is 1. The first kappa shape index (κ1) is 29.8. The van der Waals surface area contributed by atoms with Crippen LogP contribution in [0.15, 0.2) is 82.3 Å². The average Bonchev–Trinajstić information content (AvgIpc) is 3.44. The Labute approximate surface area is 255 Å². The molecule has 1 unspecified atom stereocenters. The molecule has 0 amide bonds. The van der Waals surface area contributed by atoms with Crippen LogP contribution < -0.4 is 4.90 Å². The summed E-state index contributed by atoms with van der Waals surface area (Å²) in [5, 5.41) is 15.7. The Hall–Kier alpha value is -2.70. The van der Waals surface area contributed by atoms with Gasteiger partial charge in [-0.15, -0.1) is 0 Å². The molecule has 3 aromatic carbocycles. The van der Waals surface area contributed by atoms with E-state index in [1.807, 2.05) is 18.0 Å². The van der Waals surface area contributed by atoms with Crippen LogP contribution in [-0.2, 0) is 25.2 Å². The fraction of sp³-hybridized carbons (Fsp3) is 0.333. The van der Waals surface area contributed by atoms with E-state index in [-0.39, 0.29) is 18.7 Å². The van der Waals surface area contributed by atoms with Gasteiger partial charge in [-0.25, -0.2) is 18.4 Å². The maximum Gasteiger partial charge on any atom is 0.137 e. The standard InChI is InChI=1S/C30H32Br2F2N6O/c1-37(18-30(41,19-40-21-35-20-36-40)27-8-5-25(33)15-29(27)34)16-22-2-6-26(7-3-22)39-12-10-38(11-13-39)17-23-14-24(31)4-9-28(23)32/h2-9,14-15,20-21,41H,10-13,16-19H2,1H3. The molecular formula is C30H32Br2F2N6O. The van der Waals surface area contributed by atoms with Crippen molar-refractivity contribution in [2.24, 2.45) is 0 Å². The zero-order chi connectivity index (χ0) is 29.0. The summed E-state index contributed by atoms with van der Waals surface area (Å²) in [6.45, 7) is 5.38. The fourth-order valence-corrected chi connectivity index (χ4v) is 6.15. The molecule has 1 atom stereocenters. The van der Waals surface area contributed by atoms with Crippen LogP contribution in [0.25, 0.3) is 0 Å². The van der Waals surface area contributed by atoms with Crippen molar-refractivity contribution in [2.45, 2.75) is 25.2 Å². The summed E-state index contributed by atoms with van der Waals surface area (Å²) >= 11 is 7.23. The van der Waals surface area contributed by atoms with Gasteiger partial charge >= 0.3 is 0 Å². The number of aromatic nitrogens is 3. The molecule has 1 N–H and O–H groups in total. The molecule has 1 aromatic heterocycles. The van der Waals surface area contributed by atoms with Crippen LogP contribution in [0.3, 0.4) is 0 Å². The number of hydrogen-bond acceptors (Lipinski definition) is 6. The Bertz CT molecular complexity index is 1450. The van der Waals surface area contributed by atoms with E-state index < -0.39 is 17.2 Å². The third-order valence-corrected chi connectivity index (χ3v) is 8.65. The lowest BCUT2D eigenvalue weighted by atomic mass is 9.92. The highest BCUT2D eigenvalue weighted by Gasteiger charge is 2.35. The summed E-state index contributed by atoms with van der Waals surface area (Å²) in [6, 6.07) is 18.0. The number of aliphatic hydroxyl groups is 1. The number of rotatable bonds is 10. The lowest BCUT2D eigenvalue weighted by molar-refractivity contribution is -0.0175. The van der Waals surface area contributed by atoms with Crippen molar-refractivity contribution in [1.29, 1.82) is 0 Å². The Morgan fingerprint density at radius 3 is 2.41 bits per heavy atom. The highest BCUT2D eigenvalue weighted by atomic mass is 79.9. The largest absolute Gasteiger partial charge is 0.382 e. The molecule has 1 aliphatic rings. The van der Waals surface area contributed by atoms with Crippen LogP contribution in [0.5, 0.6) is 0 Å². The van der Waals surface area contributed by atoms with E-state index in [4.69, 9.17) is 0 Å². The molecule has 1 saturated heterocycles. The van der Waals surface area contributed by atoms with E-state index in [1.54, 1.807) is 0 Å². The second-order valence-corrected chi connectivity index (χ2v) is 12.4. The van der Waals surface area contributed by atoms with Gasteiger partial charge in [0.2, 0.25) is 0 Å². The van der Waals surface area contributed by atoms with Gasteiger partial charge < -0.3 is 10.0 Å². The van der Waals surface area contributed by atoms with Crippen LogP contribution in [0, 0.1) is 11.6 Å². The molecule has 4 aromatic rings. The fourth-order valence-electron chi connectivity index (χ4n) is 5.37. The van der Waals surface area contributed by atoms with Crippen LogP contribution >= 0.6 is 31.9 Å². The number of benzene rings is 3. The van der Waals surface area contributed by atoms with Gasteiger partial charge in [-0.05, 0) is 54.6 Å². The summed E-state index contributed by atoms with van der Waals surface area (Å²) in [7, 11) is 1.87. The van der Waals surface area contributed by atoms with Gasteiger partial charge in [-0.3, -0.25) is 9.80 Å². The van der Waals surface area contributed by atoms with E-state index >= 15 is 0 Å². The normalized spacial score (nSPS) is 15.8. The molecule has 0 radical (unpaired) electrons. The topological polar surface area (TPSA) is 60.7 Å². The van der Waals surface area contributed by atoms with Crippen molar-refractivity contribution in [3.63, 3.8) is 0 Å². The molecule has 5 rings (SSSR count). The monoisotopic (exact) mass is 688 g/mol. The molecule has 7 nitrogen and oxygen atoms in total. The summed E-state index contributed by atoms with van der Waals surface area (Å²) in [6.07, 6.45) is 2.82. The number of piperazine rings is 1. The molecule has 216 valence electrons. The van der Waals surface area contributed by atoms with Gasteiger partial charge in [0.05, 0.1) is 6.54 Å². The number of hydrogen-bond donors (Lipinski definition) is 1. The maximum atomic E-state index is 14.8. The SMILES string of the molecule is CN(Cc1ccc(N2CCN(Cc3cc(Br)ccc3Br)CC2)cc1)CC(O)(Cn1cncn1)c1ccc(F)cc1F. The minimum absolute atomic E-state index is 0.0167. The predicted octanol–water partition coefficient (Wildman–Crippen LogP) is 5.42. The van der Waals surface area contributed by atoms with Crippen molar-refractivity contribution < 1.29 is 13.9 Å². The number of likely N-dealkylation sites (N-methyl/N-ethyl adjacent to an activating group) is 1. The van der Waals surface area contributed by atoms with Gasteiger partial charge in [0.25, 0.3) is 0 Å². The van der Waals surface area contributed by atoms with Crippen LogP contribution in [0.4, 0.5) is 14.5 Å². The summed E-state index contributed by atoms with van der Waals surface area (Å²) in [5.41, 5.74) is 1.89. The summed E-state index contributed by atoms with van der Waals surface area (Å²) < 4.78 is 32.0. The lowest BCUT2D eigenvalue weighted by Gasteiger charge is -2.36. The van der Waals surface area contributed by atoms with Gasteiger partial charge in [0.15, 0.2) is 0 Å². The molecule has 11 heteroatoms. The van der Waals surface area contributed by atoms with E-state index in [0.29, 0.717) is 6.54 Å². The minimum atomic E-state index is -1.65. The molecule has 0 bridgehead atoms. The van der Waals surface area contributed by atoms with Crippen LogP contribution in [0.1, 0.15) is 16.7 Å². The zero-order valence-electron chi connectivity index (χ0n) is 22.7. The van der Waals surface area contributed by atoms with E-state index in [2.05, 4.69) is 88.1 Å². The first-order chi connectivity index (χ1) is 19.7. The molecule has 41 heavy (non-hydrogen) atoms. The third-order valence-electron chi connectivity index (χ3n) is 7.38. The molecule has 1 fully saturated rings. The maximum absolute atomic E-state index is 14.8. The van der Waals surface area contributed by atoms with Crippen LogP contribution in [0.2, 0.25) is 0 Å². The van der Waals surface area contributed by atoms with E-state index in [1.165, 1.54) is 34.7 Å². The van der Waals surface area contributed by atoms with Gasteiger partial charge in [0.1, 0.15) is 29.9 Å². The van der Waals surface area contributed by atoms with Crippen molar-refractivity contribution in [3.8, 4) is 0 Å². The molecule has 1 aliphatic heterocycles. The van der Waals surface area contributed by atoms with Crippen LogP contribution in [-0.4, -0.2) is 69.4 Å². The Kier molecular flexibility index (Phi) is 9.50.